The molecule has 1 aromatic rings. The molecule has 0 spiro atoms. The highest BCUT2D eigenvalue weighted by atomic mass is 19.4. The Bertz CT molecular complexity index is 405. The van der Waals surface area contributed by atoms with Gasteiger partial charge >= 0.3 is 6.18 Å². The monoisotopic (exact) mass is 259 g/mol. The molecule has 2 nitrogen and oxygen atoms in total. The molecule has 2 rings (SSSR count). The summed E-state index contributed by atoms with van der Waals surface area (Å²) < 4.78 is 43.9. The first-order chi connectivity index (χ1) is 8.52. The van der Waals surface area contributed by atoms with E-state index in [-0.39, 0.29) is 17.8 Å². The third kappa shape index (κ3) is 2.77. The Hall–Kier alpha value is -1.23. The number of halogens is 3. The Morgan fingerprint density at radius 1 is 1.22 bits per heavy atom. The maximum absolute atomic E-state index is 12.8. The van der Waals surface area contributed by atoms with Crippen molar-refractivity contribution in [2.75, 3.05) is 6.54 Å². The highest BCUT2D eigenvalue weighted by Gasteiger charge is 2.36. The lowest BCUT2D eigenvalue weighted by Gasteiger charge is -2.22. The van der Waals surface area contributed by atoms with Gasteiger partial charge in [0.05, 0.1) is 5.56 Å². The first-order valence-electron chi connectivity index (χ1n) is 6.05. The van der Waals surface area contributed by atoms with E-state index >= 15 is 0 Å². The Kier molecular flexibility index (Phi) is 3.80. The number of benzene rings is 1. The van der Waals surface area contributed by atoms with Crippen molar-refractivity contribution in [2.24, 2.45) is 11.7 Å². The number of rotatable bonds is 3. The molecular formula is C13H16F3NO. The van der Waals surface area contributed by atoms with Crippen molar-refractivity contribution in [3.05, 3.63) is 29.8 Å². The molecule has 0 amide bonds. The highest BCUT2D eigenvalue weighted by molar-refractivity contribution is 5.35. The summed E-state index contributed by atoms with van der Waals surface area (Å²) >= 11 is 0. The van der Waals surface area contributed by atoms with Gasteiger partial charge in [-0.2, -0.15) is 13.2 Å². The van der Waals surface area contributed by atoms with Crippen LogP contribution >= 0.6 is 0 Å². The fraction of sp³-hybridized carbons (Fsp3) is 0.538. The molecule has 2 unspecified atom stereocenters. The molecule has 1 fully saturated rings. The zero-order chi connectivity index (χ0) is 13.2. The summed E-state index contributed by atoms with van der Waals surface area (Å²) in [5.41, 5.74) is 4.88. The number of para-hydroxylation sites is 1. The van der Waals surface area contributed by atoms with Gasteiger partial charge in [0, 0.05) is 5.92 Å². The minimum Gasteiger partial charge on any atom is -0.489 e. The van der Waals surface area contributed by atoms with Crippen LogP contribution in [0.4, 0.5) is 13.2 Å². The molecule has 0 bridgehead atoms. The maximum Gasteiger partial charge on any atom is 0.419 e. The van der Waals surface area contributed by atoms with Crippen molar-refractivity contribution in [3.63, 3.8) is 0 Å². The fourth-order valence-corrected chi connectivity index (χ4v) is 2.39. The zero-order valence-corrected chi connectivity index (χ0v) is 9.91. The fourth-order valence-electron chi connectivity index (χ4n) is 2.39. The summed E-state index contributed by atoms with van der Waals surface area (Å²) in [7, 11) is 0. The van der Waals surface area contributed by atoms with E-state index in [2.05, 4.69) is 0 Å². The predicted molar refractivity (Wildman–Crippen MR) is 62.3 cm³/mol. The quantitative estimate of drug-likeness (QED) is 0.904. The number of alkyl halides is 3. The molecule has 0 radical (unpaired) electrons. The summed E-state index contributed by atoms with van der Waals surface area (Å²) in [6.45, 7) is 0.457. The second-order valence-electron chi connectivity index (χ2n) is 4.58. The van der Waals surface area contributed by atoms with Crippen LogP contribution in [0.2, 0.25) is 0 Å². The lowest BCUT2D eigenvalue weighted by Crippen LogP contribution is -2.28. The molecule has 0 aromatic heterocycles. The average molecular weight is 259 g/mol. The summed E-state index contributed by atoms with van der Waals surface area (Å²) in [5.74, 6) is 0.0710. The van der Waals surface area contributed by atoms with Gasteiger partial charge < -0.3 is 10.5 Å². The summed E-state index contributed by atoms with van der Waals surface area (Å²) in [6, 6.07) is 5.33. The molecule has 0 saturated heterocycles. The predicted octanol–water partition coefficient (Wildman–Crippen LogP) is 3.21. The Morgan fingerprint density at radius 2 is 1.94 bits per heavy atom. The number of nitrogens with two attached hydrogens (primary N) is 1. The van der Waals surface area contributed by atoms with E-state index in [0.29, 0.717) is 6.54 Å². The Morgan fingerprint density at radius 3 is 2.61 bits per heavy atom. The normalized spacial score (nSPS) is 24.2. The van der Waals surface area contributed by atoms with Crippen LogP contribution in [0.3, 0.4) is 0 Å². The third-order valence-electron chi connectivity index (χ3n) is 3.36. The largest absolute Gasteiger partial charge is 0.489 e. The minimum atomic E-state index is -4.38. The molecule has 1 aromatic carbocycles. The summed E-state index contributed by atoms with van der Waals surface area (Å²) in [6.07, 6.45) is -1.92. The SMILES string of the molecule is NCC1CCCC1Oc1ccccc1C(F)(F)F. The van der Waals surface area contributed by atoms with Crippen molar-refractivity contribution in [2.45, 2.75) is 31.5 Å². The average Bonchev–Trinajstić information content (AvgIpc) is 2.75. The second kappa shape index (κ2) is 5.18. The van der Waals surface area contributed by atoms with Gasteiger partial charge in [0.2, 0.25) is 0 Å². The van der Waals surface area contributed by atoms with Gasteiger partial charge in [0.25, 0.3) is 0 Å². The van der Waals surface area contributed by atoms with Crippen LogP contribution in [-0.4, -0.2) is 12.6 Å². The molecule has 5 heteroatoms. The first-order valence-corrected chi connectivity index (χ1v) is 6.05. The van der Waals surface area contributed by atoms with Crippen LogP contribution in [0.25, 0.3) is 0 Å². The van der Waals surface area contributed by atoms with Gasteiger partial charge in [-0.3, -0.25) is 0 Å². The number of hydrogen-bond acceptors (Lipinski definition) is 2. The van der Waals surface area contributed by atoms with E-state index in [1.54, 1.807) is 6.07 Å². The van der Waals surface area contributed by atoms with E-state index < -0.39 is 11.7 Å². The molecule has 1 saturated carbocycles. The number of ether oxygens (including phenoxy) is 1. The molecule has 1 aliphatic rings. The molecule has 18 heavy (non-hydrogen) atoms. The van der Waals surface area contributed by atoms with E-state index in [1.165, 1.54) is 12.1 Å². The van der Waals surface area contributed by atoms with Crippen LogP contribution in [-0.2, 0) is 6.18 Å². The van der Waals surface area contributed by atoms with Crippen molar-refractivity contribution < 1.29 is 17.9 Å². The van der Waals surface area contributed by atoms with Gasteiger partial charge in [0.1, 0.15) is 11.9 Å². The van der Waals surface area contributed by atoms with Crippen molar-refractivity contribution in [1.82, 2.24) is 0 Å². The Balaban J connectivity index is 2.19. The molecule has 100 valence electrons. The second-order valence-corrected chi connectivity index (χ2v) is 4.58. The van der Waals surface area contributed by atoms with Gasteiger partial charge in [-0.25, -0.2) is 0 Å². The van der Waals surface area contributed by atoms with Crippen LogP contribution < -0.4 is 10.5 Å². The van der Waals surface area contributed by atoms with Crippen LogP contribution in [0, 0.1) is 5.92 Å². The number of hydrogen-bond donors (Lipinski definition) is 1. The van der Waals surface area contributed by atoms with E-state index in [0.717, 1.165) is 25.3 Å². The molecule has 0 heterocycles. The summed E-state index contributed by atoms with van der Waals surface area (Å²) in [4.78, 5) is 0. The first kappa shape index (κ1) is 13.2. The zero-order valence-electron chi connectivity index (χ0n) is 9.91. The van der Waals surface area contributed by atoms with Crippen molar-refractivity contribution >= 4 is 0 Å². The minimum absolute atomic E-state index is 0.0876. The maximum atomic E-state index is 12.8. The Labute approximate surface area is 104 Å². The van der Waals surface area contributed by atoms with Gasteiger partial charge in [-0.05, 0) is 37.9 Å². The topological polar surface area (TPSA) is 35.2 Å². The lowest BCUT2D eigenvalue weighted by atomic mass is 10.1. The molecular weight excluding hydrogens is 243 g/mol. The van der Waals surface area contributed by atoms with E-state index in [9.17, 15) is 13.2 Å². The molecule has 1 aliphatic carbocycles. The van der Waals surface area contributed by atoms with E-state index in [1.807, 2.05) is 0 Å². The van der Waals surface area contributed by atoms with Crippen LogP contribution in [0.1, 0.15) is 24.8 Å². The molecule has 0 aliphatic heterocycles. The van der Waals surface area contributed by atoms with Crippen molar-refractivity contribution in [1.29, 1.82) is 0 Å². The smallest absolute Gasteiger partial charge is 0.419 e. The van der Waals surface area contributed by atoms with Gasteiger partial charge in [0.15, 0.2) is 0 Å². The van der Waals surface area contributed by atoms with E-state index in [4.69, 9.17) is 10.5 Å². The lowest BCUT2D eigenvalue weighted by molar-refractivity contribution is -0.139. The van der Waals surface area contributed by atoms with Gasteiger partial charge in [-0.15, -0.1) is 0 Å². The van der Waals surface area contributed by atoms with Crippen LogP contribution in [0.15, 0.2) is 24.3 Å². The van der Waals surface area contributed by atoms with Crippen LogP contribution in [0.5, 0.6) is 5.75 Å². The third-order valence-corrected chi connectivity index (χ3v) is 3.36. The molecule has 2 atom stereocenters. The highest BCUT2D eigenvalue weighted by Crippen LogP contribution is 2.38. The standard InChI is InChI=1S/C13H16F3NO/c14-13(15,16)10-5-1-2-6-12(10)18-11-7-3-4-9(11)8-17/h1-2,5-6,9,11H,3-4,7-8,17H2. The van der Waals surface area contributed by atoms with Gasteiger partial charge in [-0.1, -0.05) is 12.1 Å². The van der Waals surface area contributed by atoms with Crippen molar-refractivity contribution in [3.8, 4) is 5.75 Å². The summed E-state index contributed by atoms with van der Waals surface area (Å²) in [5, 5.41) is 0. The molecule has 2 N–H and O–H groups in total.